The predicted molar refractivity (Wildman–Crippen MR) is 75.4 cm³/mol. The highest BCUT2D eigenvalue weighted by Gasteiger charge is 1.96. The molecular formula is C12H22O2S2. The molecular weight excluding hydrogens is 240 g/mol. The minimum absolute atomic E-state index is 0.319. The van der Waals surface area contributed by atoms with Crippen molar-refractivity contribution >= 4 is 35.0 Å². The lowest BCUT2D eigenvalue weighted by Crippen LogP contribution is -1.93. The van der Waals surface area contributed by atoms with E-state index in [0.717, 1.165) is 36.3 Å². The number of carbonyl (C=O) groups is 1. The molecule has 0 saturated carbocycles. The molecule has 4 heteroatoms. The number of carboxylic acids is 1. The minimum atomic E-state index is -0.678. The van der Waals surface area contributed by atoms with Crippen LogP contribution < -0.4 is 0 Å². The summed E-state index contributed by atoms with van der Waals surface area (Å²) in [5, 5.41) is 8.44. The number of unbranched alkanes of at least 4 members (excludes halogenated alkanes) is 7. The van der Waals surface area contributed by atoms with Crippen LogP contribution in [0.3, 0.4) is 0 Å². The van der Waals surface area contributed by atoms with Crippen LogP contribution in [0.2, 0.25) is 0 Å². The van der Waals surface area contributed by atoms with Crippen molar-refractivity contribution in [1.29, 1.82) is 0 Å². The van der Waals surface area contributed by atoms with Gasteiger partial charge in [-0.1, -0.05) is 50.7 Å². The zero-order valence-corrected chi connectivity index (χ0v) is 11.5. The first-order valence-corrected chi connectivity index (χ1v) is 6.92. The summed E-state index contributed by atoms with van der Waals surface area (Å²) in [5.74, 6) is -0.678. The van der Waals surface area contributed by atoms with Crippen LogP contribution in [0.1, 0.15) is 64.2 Å². The summed E-state index contributed by atoms with van der Waals surface area (Å²) < 4.78 is 0.814. The Morgan fingerprint density at radius 1 is 0.875 bits per heavy atom. The third-order valence-electron chi connectivity index (χ3n) is 2.53. The first-order chi connectivity index (χ1) is 7.63. The number of thiol groups is 1. The molecule has 0 radical (unpaired) electrons. The fourth-order valence-electron chi connectivity index (χ4n) is 1.61. The molecule has 0 aromatic carbocycles. The summed E-state index contributed by atoms with van der Waals surface area (Å²) in [6, 6.07) is 0. The van der Waals surface area contributed by atoms with Crippen LogP contribution in [0, 0.1) is 0 Å². The highest BCUT2D eigenvalue weighted by molar-refractivity contribution is 8.11. The predicted octanol–water partition coefficient (Wildman–Crippen LogP) is 4.23. The molecule has 94 valence electrons. The maximum Gasteiger partial charge on any atom is 0.303 e. The second kappa shape index (κ2) is 11.4. The van der Waals surface area contributed by atoms with Crippen molar-refractivity contribution in [2.45, 2.75) is 64.2 Å². The van der Waals surface area contributed by atoms with Crippen molar-refractivity contribution < 1.29 is 9.90 Å². The van der Waals surface area contributed by atoms with Gasteiger partial charge in [-0.25, -0.2) is 0 Å². The van der Waals surface area contributed by atoms with E-state index in [2.05, 4.69) is 12.6 Å². The molecule has 0 aliphatic rings. The van der Waals surface area contributed by atoms with Gasteiger partial charge in [-0.2, -0.15) is 0 Å². The van der Waals surface area contributed by atoms with Gasteiger partial charge in [0.15, 0.2) is 0 Å². The lowest BCUT2D eigenvalue weighted by Gasteiger charge is -2.01. The smallest absolute Gasteiger partial charge is 0.303 e. The van der Waals surface area contributed by atoms with E-state index in [4.69, 9.17) is 17.3 Å². The number of hydrogen-bond donors (Lipinski definition) is 2. The summed E-state index contributed by atoms with van der Waals surface area (Å²) in [7, 11) is 0. The molecule has 0 saturated heterocycles. The quantitative estimate of drug-likeness (QED) is 0.332. The Hall–Kier alpha value is -0.0900. The van der Waals surface area contributed by atoms with Gasteiger partial charge in [-0.3, -0.25) is 4.79 Å². The molecule has 0 spiro atoms. The lowest BCUT2D eigenvalue weighted by molar-refractivity contribution is -0.137. The largest absolute Gasteiger partial charge is 0.481 e. The van der Waals surface area contributed by atoms with E-state index >= 15 is 0 Å². The van der Waals surface area contributed by atoms with Gasteiger partial charge in [-0.15, -0.1) is 12.6 Å². The van der Waals surface area contributed by atoms with Gasteiger partial charge in [0.1, 0.15) is 0 Å². The van der Waals surface area contributed by atoms with E-state index in [1.807, 2.05) is 0 Å². The Bertz CT molecular complexity index is 183. The molecule has 0 heterocycles. The molecule has 0 atom stereocenters. The molecule has 1 N–H and O–H groups in total. The zero-order chi connectivity index (χ0) is 12.2. The second-order valence-corrected chi connectivity index (χ2v) is 5.45. The summed E-state index contributed by atoms with van der Waals surface area (Å²) in [6.07, 6.45) is 10.4. The highest BCUT2D eigenvalue weighted by Crippen LogP contribution is 2.11. The Kier molecular flexibility index (Phi) is 11.3. The number of carboxylic acid groups (broad SMARTS) is 1. The summed E-state index contributed by atoms with van der Waals surface area (Å²) in [4.78, 5) is 10.2. The van der Waals surface area contributed by atoms with Crippen LogP contribution in [-0.2, 0) is 4.79 Å². The molecule has 2 nitrogen and oxygen atoms in total. The molecule has 0 fully saturated rings. The first-order valence-electron chi connectivity index (χ1n) is 6.06. The molecule has 0 amide bonds. The lowest BCUT2D eigenvalue weighted by atomic mass is 10.1. The highest BCUT2D eigenvalue weighted by atomic mass is 32.1. The van der Waals surface area contributed by atoms with Crippen LogP contribution in [0.25, 0.3) is 0 Å². The van der Waals surface area contributed by atoms with E-state index in [1.165, 1.54) is 25.7 Å². The van der Waals surface area contributed by atoms with Gasteiger partial charge in [0.25, 0.3) is 0 Å². The third kappa shape index (κ3) is 13.9. The van der Waals surface area contributed by atoms with Crippen LogP contribution in [0.4, 0.5) is 0 Å². The van der Waals surface area contributed by atoms with Gasteiger partial charge in [0, 0.05) is 10.6 Å². The number of rotatable bonds is 11. The molecule has 16 heavy (non-hydrogen) atoms. The van der Waals surface area contributed by atoms with Gasteiger partial charge in [0.2, 0.25) is 0 Å². The average Bonchev–Trinajstić information content (AvgIpc) is 2.20. The fraction of sp³-hybridized carbons (Fsp3) is 0.833. The van der Waals surface area contributed by atoms with E-state index in [9.17, 15) is 4.79 Å². The summed E-state index contributed by atoms with van der Waals surface area (Å²) in [5.41, 5.74) is 0. The number of aliphatic carboxylic acids is 1. The van der Waals surface area contributed by atoms with E-state index in [-0.39, 0.29) is 0 Å². The second-order valence-electron chi connectivity index (χ2n) is 4.12. The van der Waals surface area contributed by atoms with E-state index in [1.54, 1.807) is 0 Å². The average molecular weight is 262 g/mol. The van der Waals surface area contributed by atoms with Crippen LogP contribution in [0.15, 0.2) is 0 Å². The molecule has 0 aromatic rings. The normalized spacial score (nSPS) is 10.3. The van der Waals surface area contributed by atoms with Gasteiger partial charge in [-0.05, 0) is 19.3 Å². The van der Waals surface area contributed by atoms with Crippen molar-refractivity contribution in [3.05, 3.63) is 0 Å². The topological polar surface area (TPSA) is 37.3 Å². The SMILES string of the molecule is O=C(O)CCCCCCCCCCC(=S)S. The van der Waals surface area contributed by atoms with E-state index < -0.39 is 5.97 Å². The van der Waals surface area contributed by atoms with Gasteiger partial charge < -0.3 is 5.11 Å². The molecule has 0 unspecified atom stereocenters. The maximum atomic E-state index is 10.2. The summed E-state index contributed by atoms with van der Waals surface area (Å²) >= 11 is 8.96. The molecule has 0 aliphatic heterocycles. The monoisotopic (exact) mass is 262 g/mol. The van der Waals surface area contributed by atoms with Crippen molar-refractivity contribution in [2.75, 3.05) is 0 Å². The number of thiocarbonyl (C=S) groups is 1. The Morgan fingerprint density at radius 2 is 1.25 bits per heavy atom. The Morgan fingerprint density at radius 3 is 1.62 bits per heavy atom. The third-order valence-corrected chi connectivity index (χ3v) is 2.96. The van der Waals surface area contributed by atoms with Crippen molar-refractivity contribution in [3.8, 4) is 0 Å². The molecule has 0 aliphatic carbocycles. The molecule has 0 rings (SSSR count). The van der Waals surface area contributed by atoms with Crippen molar-refractivity contribution in [2.24, 2.45) is 0 Å². The van der Waals surface area contributed by atoms with Gasteiger partial charge in [0.05, 0.1) is 0 Å². The standard InChI is InChI=1S/C12H22O2S2/c13-11(14)9-7-5-3-1-2-4-6-8-10-12(15)16/h1-10H2,(H,13,14)(H,15,16). The van der Waals surface area contributed by atoms with Crippen LogP contribution >= 0.6 is 24.8 Å². The van der Waals surface area contributed by atoms with Crippen LogP contribution in [0.5, 0.6) is 0 Å². The zero-order valence-electron chi connectivity index (χ0n) is 9.78. The van der Waals surface area contributed by atoms with Crippen molar-refractivity contribution in [1.82, 2.24) is 0 Å². The van der Waals surface area contributed by atoms with Crippen molar-refractivity contribution in [3.63, 3.8) is 0 Å². The van der Waals surface area contributed by atoms with E-state index in [0.29, 0.717) is 6.42 Å². The number of hydrogen-bond acceptors (Lipinski definition) is 2. The molecule has 0 bridgehead atoms. The fourth-order valence-corrected chi connectivity index (χ4v) is 1.92. The Labute approximate surface area is 109 Å². The van der Waals surface area contributed by atoms with Gasteiger partial charge >= 0.3 is 5.97 Å². The van der Waals surface area contributed by atoms with Crippen LogP contribution in [-0.4, -0.2) is 15.3 Å². The summed E-state index contributed by atoms with van der Waals surface area (Å²) in [6.45, 7) is 0. The minimum Gasteiger partial charge on any atom is -0.481 e. The first kappa shape index (κ1) is 15.9. The maximum absolute atomic E-state index is 10.2. The molecule has 0 aromatic heterocycles. The Balaban J connectivity index is 2.98.